The van der Waals surface area contributed by atoms with Gasteiger partial charge in [0.25, 0.3) is 0 Å². The Morgan fingerprint density at radius 2 is 1.69 bits per heavy atom. The van der Waals surface area contributed by atoms with Gasteiger partial charge >= 0.3 is 5.97 Å². The van der Waals surface area contributed by atoms with Crippen molar-refractivity contribution in [2.75, 3.05) is 6.61 Å². The number of hydrogen-bond donors (Lipinski definition) is 2. The van der Waals surface area contributed by atoms with E-state index >= 15 is 0 Å². The summed E-state index contributed by atoms with van der Waals surface area (Å²) >= 11 is 0. The molecule has 7 nitrogen and oxygen atoms in total. The molecule has 0 aromatic carbocycles. The quantitative estimate of drug-likeness (QED) is 0.500. The van der Waals surface area contributed by atoms with E-state index in [1.807, 2.05) is 0 Å². The summed E-state index contributed by atoms with van der Waals surface area (Å²) in [6, 6.07) is -0.768. The molecule has 200 valence electrons. The van der Waals surface area contributed by atoms with Crippen LogP contribution in [0, 0.1) is 41.4 Å². The lowest BCUT2D eigenvalue weighted by Gasteiger charge is -2.47. The highest BCUT2D eigenvalue weighted by Gasteiger charge is 2.42. The lowest BCUT2D eigenvalue weighted by Crippen LogP contribution is -2.50. The summed E-state index contributed by atoms with van der Waals surface area (Å²) in [7, 11) is 0. The van der Waals surface area contributed by atoms with Crippen molar-refractivity contribution < 1.29 is 29.3 Å². The van der Waals surface area contributed by atoms with Crippen LogP contribution in [0.4, 0.5) is 0 Å². The average Bonchev–Trinajstić information content (AvgIpc) is 3.00. The molecule has 1 amide bonds. The number of rotatable bonds is 8. The Morgan fingerprint density at radius 3 is 2.31 bits per heavy atom. The molecule has 1 saturated heterocycles. The van der Waals surface area contributed by atoms with Crippen LogP contribution in [-0.2, 0) is 19.1 Å². The first-order valence-electron chi connectivity index (χ1n) is 14.2. The first-order chi connectivity index (χ1) is 16.7. The van der Waals surface area contributed by atoms with Crippen LogP contribution < -0.4 is 10.4 Å². The third kappa shape index (κ3) is 6.40. The molecule has 2 N–H and O–H groups in total. The van der Waals surface area contributed by atoms with Gasteiger partial charge in [-0.05, 0) is 107 Å². The lowest BCUT2D eigenvalue weighted by molar-refractivity contribution is -0.514. The van der Waals surface area contributed by atoms with E-state index in [4.69, 9.17) is 9.47 Å². The van der Waals surface area contributed by atoms with Crippen LogP contribution >= 0.6 is 0 Å². The number of carbonyl (C=O) groups excluding carboxylic acids is 1. The minimum absolute atomic E-state index is 0.0586. The number of fused-ring (bicyclic) bond motifs is 1. The van der Waals surface area contributed by atoms with Crippen LogP contribution in [0.15, 0.2) is 0 Å². The maximum absolute atomic E-state index is 13.2. The molecule has 0 spiro atoms. The van der Waals surface area contributed by atoms with Crippen molar-refractivity contribution in [3.63, 3.8) is 0 Å². The lowest BCUT2D eigenvalue weighted by atomic mass is 9.62. The molecule has 7 heteroatoms. The van der Waals surface area contributed by atoms with Gasteiger partial charge < -0.3 is 25.0 Å². The molecule has 0 bridgehead atoms. The van der Waals surface area contributed by atoms with E-state index in [-0.39, 0.29) is 29.8 Å². The van der Waals surface area contributed by atoms with Crippen molar-refractivity contribution in [2.24, 2.45) is 41.4 Å². The molecule has 35 heavy (non-hydrogen) atoms. The van der Waals surface area contributed by atoms with Crippen LogP contribution in [0.3, 0.4) is 0 Å². The minimum Gasteiger partial charge on any atom is -0.831 e. The molecule has 3 aliphatic carbocycles. The zero-order chi connectivity index (χ0) is 25.1. The molecular formula is C28H46NO6-. The fourth-order valence-corrected chi connectivity index (χ4v) is 7.21. The summed E-state index contributed by atoms with van der Waals surface area (Å²) in [5, 5.41) is 25.5. The SMILES string of the molecule is CC1CC[C@@H]2C(CO1)[C@H]([C@@H](C)[C@H]([O-])OC1CCC(C(=O)N[C@H](C(=O)O)C3CCC3)CC1)CC[C@H]2C. The van der Waals surface area contributed by atoms with Gasteiger partial charge in [-0.15, -0.1) is 0 Å². The van der Waals surface area contributed by atoms with Crippen molar-refractivity contribution in [1.82, 2.24) is 5.32 Å². The van der Waals surface area contributed by atoms with Crippen molar-refractivity contribution >= 4 is 11.9 Å². The van der Waals surface area contributed by atoms with Crippen molar-refractivity contribution in [2.45, 2.75) is 116 Å². The second kappa shape index (κ2) is 11.9. The van der Waals surface area contributed by atoms with Gasteiger partial charge in [-0.25, -0.2) is 4.79 Å². The number of hydrogen-bond acceptors (Lipinski definition) is 5. The number of ether oxygens (including phenoxy) is 2. The summed E-state index contributed by atoms with van der Waals surface area (Å²) in [6.45, 7) is 7.34. The highest BCUT2D eigenvalue weighted by atomic mass is 16.6. The van der Waals surface area contributed by atoms with Gasteiger partial charge in [0.2, 0.25) is 5.91 Å². The third-order valence-electron chi connectivity index (χ3n) is 9.93. The average molecular weight is 493 g/mol. The Morgan fingerprint density at radius 1 is 0.971 bits per heavy atom. The minimum atomic E-state index is -1.06. The number of carbonyl (C=O) groups is 2. The Bertz CT molecular complexity index is 718. The molecule has 0 aromatic rings. The van der Waals surface area contributed by atoms with Gasteiger partial charge in [-0.3, -0.25) is 4.79 Å². The van der Waals surface area contributed by atoms with Gasteiger partial charge in [-0.2, -0.15) is 0 Å². The van der Waals surface area contributed by atoms with Crippen molar-refractivity contribution in [3.8, 4) is 0 Å². The third-order valence-corrected chi connectivity index (χ3v) is 9.93. The second-order valence-corrected chi connectivity index (χ2v) is 12.1. The van der Waals surface area contributed by atoms with Gasteiger partial charge in [0.1, 0.15) is 6.04 Å². The summed E-state index contributed by atoms with van der Waals surface area (Å²) in [5.41, 5.74) is 0. The fraction of sp³-hybridized carbons (Fsp3) is 0.929. The van der Waals surface area contributed by atoms with E-state index in [0.717, 1.165) is 38.7 Å². The topological polar surface area (TPSA) is 108 Å². The smallest absolute Gasteiger partial charge is 0.326 e. The van der Waals surface area contributed by atoms with Gasteiger partial charge in [0.15, 0.2) is 0 Å². The van der Waals surface area contributed by atoms with Gasteiger partial charge in [0, 0.05) is 5.92 Å². The zero-order valence-electron chi connectivity index (χ0n) is 21.8. The summed E-state index contributed by atoms with van der Waals surface area (Å²) in [4.78, 5) is 24.3. The highest BCUT2D eigenvalue weighted by Crippen LogP contribution is 2.46. The van der Waals surface area contributed by atoms with E-state index in [1.54, 1.807) is 0 Å². The first kappa shape index (κ1) is 26.9. The van der Waals surface area contributed by atoms with E-state index in [9.17, 15) is 19.8 Å². The van der Waals surface area contributed by atoms with E-state index in [0.29, 0.717) is 55.5 Å². The van der Waals surface area contributed by atoms with E-state index < -0.39 is 18.3 Å². The first-order valence-corrected chi connectivity index (χ1v) is 14.2. The molecule has 1 aliphatic heterocycles. The van der Waals surface area contributed by atoms with Crippen LogP contribution in [0.2, 0.25) is 0 Å². The van der Waals surface area contributed by atoms with Crippen molar-refractivity contribution in [1.29, 1.82) is 0 Å². The molecule has 8 atom stereocenters. The Labute approximate surface area is 210 Å². The fourth-order valence-electron chi connectivity index (χ4n) is 7.21. The van der Waals surface area contributed by atoms with Crippen LogP contribution in [0.25, 0.3) is 0 Å². The zero-order valence-corrected chi connectivity index (χ0v) is 21.8. The van der Waals surface area contributed by atoms with E-state index in [2.05, 4.69) is 26.1 Å². The summed E-state index contributed by atoms with van der Waals surface area (Å²) in [5.74, 6) is 0.823. The molecule has 0 aromatic heterocycles. The molecule has 4 fully saturated rings. The Hall–Kier alpha value is -1.18. The monoisotopic (exact) mass is 492 g/mol. The Kier molecular flexibility index (Phi) is 9.14. The predicted molar refractivity (Wildman–Crippen MR) is 130 cm³/mol. The van der Waals surface area contributed by atoms with Crippen molar-refractivity contribution in [3.05, 3.63) is 0 Å². The maximum atomic E-state index is 13.2. The number of carboxylic acid groups (broad SMARTS) is 1. The maximum Gasteiger partial charge on any atom is 0.326 e. The van der Waals surface area contributed by atoms with Crippen LogP contribution in [0.1, 0.15) is 91.4 Å². The van der Waals surface area contributed by atoms with Gasteiger partial charge in [-0.1, -0.05) is 26.7 Å². The van der Waals surface area contributed by atoms with Crippen LogP contribution in [-0.4, -0.2) is 48.1 Å². The van der Waals surface area contributed by atoms with Gasteiger partial charge in [0.05, 0.1) is 18.8 Å². The normalized spacial score (nSPS) is 38.8. The molecule has 1 heterocycles. The molecular weight excluding hydrogens is 446 g/mol. The highest BCUT2D eigenvalue weighted by molar-refractivity contribution is 5.85. The summed E-state index contributed by atoms with van der Waals surface area (Å²) in [6.07, 6.45) is 9.10. The number of nitrogens with one attached hydrogen (secondary N) is 1. The Balaban J connectivity index is 1.25. The molecule has 4 rings (SSSR count). The molecule has 3 saturated carbocycles. The predicted octanol–water partition coefficient (Wildman–Crippen LogP) is 3.73. The molecule has 2 unspecified atom stereocenters. The largest absolute Gasteiger partial charge is 0.831 e. The molecule has 0 radical (unpaired) electrons. The number of aliphatic carboxylic acids is 1. The van der Waals surface area contributed by atoms with Crippen LogP contribution in [0.5, 0.6) is 0 Å². The second-order valence-electron chi connectivity index (χ2n) is 12.1. The number of amides is 1. The molecule has 4 aliphatic rings. The van der Waals surface area contributed by atoms with E-state index in [1.165, 1.54) is 12.8 Å². The standard InChI is InChI=1S/C28H46NO6/c1-16-7-13-23(24-15-34-17(2)8-14-22(16)24)18(3)28(33)35-21-11-9-20(10-12-21)26(30)29-25(27(31)32)19-5-4-6-19/h16-25,28H,4-15H2,1-3H3,(H,29,30)(H,31,32)/q-1/t16-,17?,18-,20?,21?,22+,23+,24?,25+,28-/m1/s1. The summed E-state index contributed by atoms with van der Waals surface area (Å²) < 4.78 is 12.2. The number of carboxylic acids is 1.